The van der Waals surface area contributed by atoms with Crippen molar-refractivity contribution in [1.29, 1.82) is 0 Å². The maximum absolute atomic E-state index is 13.8. The number of nitrogens with two attached hydrogens (primary N) is 1. The summed E-state index contributed by atoms with van der Waals surface area (Å²) in [5.41, 5.74) is 7.91. The Hall–Kier alpha value is -3.93. The van der Waals surface area contributed by atoms with Crippen LogP contribution in [0.5, 0.6) is 0 Å². The molecule has 3 aromatic carbocycles. The highest BCUT2D eigenvalue weighted by atomic mass is 16.2. The fourth-order valence-electron chi connectivity index (χ4n) is 3.89. The molecule has 0 aromatic heterocycles. The Labute approximate surface area is 181 Å². The van der Waals surface area contributed by atoms with E-state index in [9.17, 15) is 9.59 Å². The maximum atomic E-state index is 13.8. The van der Waals surface area contributed by atoms with Gasteiger partial charge in [0.1, 0.15) is 0 Å². The van der Waals surface area contributed by atoms with Crippen LogP contribution in [0.3, 0.4) is 0 Å². The first-order chi connectivity index (χ1) is 15.1. The molecule has 31 heavy (non-hydrogen) atoms. The van der Waals surface area contributed by atoms with Gasteiger partial charge in [0.25, 0.3) is 11.8 Å². The van der Waals surface area contributed by atoms with E-state index in [2.05, 4.69) is 5.32 Å². The minimum Gasteiger partial charge on any atom is -0.369 e. The average Bonchev–Trinajstić information content (AvgIpc) is 3.06. The minimum absolute atomic E-state index is 0.151. The van der Waals surface area contributed by atoms with Crippen molar-refractivity contribution in [2.45, 2.75) is 19.0 Å². The minimum atomic E-state index is -1.23. The van der Waals surface area contributed by atoms with E-state index in [0.29, 0.717) is 12.1 Å². The summed E-state index contributed by atoms with van der Waals surface area (Å²) in [7, 11) is 0. The summed E-state index contributed by atoms with van der Waals surface area (Å²) in [5.74, 6) is -0.214. The highest BCUT2D eigenvalue weighted by molar-refractivity contribution is 6.09. The van der Waals surface area contributed by atoms with Crippen LogP contribution in [0.15, 0.2) is 89.9 Å². The Bertz CT molecular complexity index is 1090. The Balaban J connectivity index is 1.72. The number of carbonyl (C=O) groups is 2. The third kappa shape index (κ3) is 3.68. The molecule has 6 heteroatoms. The summed E-state index contributed by atoms with van der Waals surface area (Å²) >= 11 is 0. The van der Waals surface area contributed by atoms with Gasteiger partial charge in [-0.15, -0.1) is 0 Å². The molecule has 6 nitrogen and oxygen atoms in total. The van der Waals surface area contributed by atoms with Crippen molar-refractivity contribution < 1.29 is 9.59 Å². The van der Waals surface area contributed by atoms with E-state index in [1.807, 2.05) is 73.7 Å². The van der Waals surface area contributed by atoms with Gasteiger partial charge in [0.2, 0.25) is 0 Å². The molecule has 0 bridgehead atoms. The molecule has 1 aliphatic rings. The van der Waals surface area contributed by atoms with Gasteiger partial charge in [0.05, 0.1) is 6.54 Å². The molecule has 1 heterocycles. The molecule has 2 amide bonds. The van der Waals surface area contributed by atoms with Crippen molar-refractivity contribution in [2.75, 3.05) is 6.54 Å². The van der Waals surface area contributed by atoms with Crippen molar-refractivity contribution in [3.8, 4) is 0 Å². The zero-order valence-corrected chi connectivity index (χ0v) is 17.3. The van der Waals surface area contributed by atoms with Crippen molar-refractivity contribution in [3.63, 3.8) is 0 Å². The van der Waals surface area contributed by atoms with Crippen molar-refractivity contribution in [3.05, 3.63) is 107 Å². The van der Waals surface area contributed by atoms with Crippen LogP contribution in [0.4, 0.5) is 0 Å². The average molecular weight is 412 g/mol. The standard InChI is InChI=1S/C25H24N4O2/c1-2-27-22(30)19-11-9-10-18(16-19)17-29-23(31)25(28-24(29)26,20-12-5-3-6-13-20)21-14-7-4-8-15-21/h3-16H,2,17H2,1H3,(H2,26,28)(H,27,30). The lowest BCUT2D eigenvalue weighted by molar-refractivity contribution is -0.130. The first-order valence-corrected chi connectivity index (χ1v) is 10.2. The predicted octanol–water partition coefficient (Wildman–Crippen LogP) is 3.04. The van der Waals surface area contributed by atoms with Crippen molar-refractivity contribution in [1.82, 2.24) is 10.2 Å². The van der Waals surface area contributed by atoms with Crippen LogP contribution in [0.25, 0.3) is 0 Å². The zero-order valence-electron chi connectivity index (χ0n) is 17.3. The largest absolute Gasteiger partial charge is 0.369 e. The quantitative estimate of drug-likeness (QED) is 0.652. The van der Waals surface area contributed by atoms with Gasteiger partial charge in [-0.1, -0.05) is 72.8 Å². The van der Waals surface area contributed by atoms with Crippen LogP contribution in [0, 0.1) is 0 Å². The number of carbonyl (C=O) groups excluding carboxylic acids is 2. The van der Waals surface area contributed by atoms with E-state index in [0.717, 1.165) is 16.7 Å². The molecule has 3 N–H and O–H groups in total. The van der Waals surface area contributed by atoms with E-state index >= 15 is 0 Å². The van der Waals surface area contributed by atoms with Gasteiger partial charge < -0.3 is 11.1 Å². The molecule has 0 unspecified atom stereocenters. The number of rotatable bonds is 6. The van der Waals surface area contributed by atoms with E-state index < -0.39 is 5.54 Å². The van der Waals surface area contributed by atoms with Crippen LogP contribution in [0.1, 0.15) is 34.0 Å². The smallest absolute Gasteiger partial charge is 0.266 e. The van der Waals surface area contributed by atoms with Crippen LogP contribution < -0.4 is 11.1 Å². The summed E-state index contributed by atoms with van der Waals surface area (Å²) in [6.07, 6.45) is 0. The highest BCUT2D eigenvalue weighted by Gasteiger charge is 2.50. The third-order valence-corrected chi connectivity index (χ3v) is 5.36. The lowest BCUT2D eigenvalue weighted by Crippen LogP contribution is -2.43. The van der Waals surface area contributed by atoms with Gasteiger partial charge in [0, 0.05) is 12.1 Å². The fraction of sp³-hybridized carbons (Fsp3) is 0.160. The summed E-state index contributed by atoms with van der Waals surface area (Å²) in [5, 5.41) is 2.79. The number of benzene rings is 3. The van der Waals surface area contributed by atoms with Gasteiger partial charge >= 0.3 is 0 Å². The van der Waals surface area contributed by atoms with Crippen LogP contribution in [-0.4, -0.2) is 29.2 Å². The number of hydrogen-bond donors (Lipinski definition) is 2. The molecule has 0 saturated heterocycles. The Morgan fingerprint density at radius 3 is 2.16 bits per heavy atom. The first kappa shape index (κ1) is 20.3. The van der Waals surface area contributed by atoms with E-state index in [1.165, 1.54) is 4.90 Å². The summed E-state index contributed by atoms with van der Waals surface area (Å²) in [6.45, 7) is 2.64. The molecule has 0 fully saturated rings. The van der Waals surface area contributed by atoms with Crippen LogP contribution in [-0.2, 0) is 16.9 Å². The number of guanidine groups is 1. The van der Waals surface area contributed by atoms with Gasteiger partial charge in [0.15, 0.2) is 11.5 Å². The molecule has 0 radical (unpaired) electrons. The van der Waals surface area contributed by atoms with Crippen LogP contribution in [0.2, 0.25) is 0 Å². The normalized spacial score (nSPS) is 14.9. The van der Waals surface area contributed by atoms with E-state index in [4.69, 9.17) is 10.7 Å². The van der Waals surface area contributed by atoms with Gasteiger partial charge in [-0.3, -0.25) is 14.5 Å². The molecule has 3 aromatic rings. The number of nitrogens with one attached hydrogen (secondary N) is 1. The molecule has 1 aliphatic heterocycles. The zero-order chi connectivity index (χ0) is 21.8. The molecule has 0 atom stereocenters. The maximum Gasteiger partial charge on any atom is 0.266 e. The Morgan fingerprint density at radius 1 is 0.968 bits per heavy atom. The first-order valence-electron chi connectivity index (χ1n) is 10.2. The molecule has 0 aliphatic carbocycles. The number of hydrogen-bond acceptors (Lipinski definition) is 4. The molecule has 156 valence electrons. The molecule has 0 saturated carbocycles. The summed E-state index contributed by atoms with van der Waals surface area (Å²) in [6, 6.07) is 26.1. The van der Waals surface area contributed by atoms with Gasteiger partial charge in [-0.05, 0) is 35.7 Å². The molecular weight excluding hydrogens is 388 g/mol. The Morgan fingerprint density at radius 2 is 1.58 bits per heavy atom. The second-order valence-electron chi connectivity index (χ2n) is 7.36. The lowest BCUT2D eigenvalue weighted by Gasteiger charge is -2.27. The SMILES string of the molecule is CCNC(=O)c1cccc(CN2C(=O)C(c3ccccc3)(c3ccccc3)N=C2N)c1. The van der Waals surface area contributed by atoms with Gasteiger partial charge in [-0.2, -0.15) is 0 Å². The van der Waals surface area contributed by atoms with Crippen molar-refractivity contribution in [2.24, 2.45) is 10.7 Å². The predicted molar refractivity (Wildman–Crippen MR) is 120 cm³/mol. The lowest BCUT2D eigenvalue weighted by atomic mass is 9.83. The number of nitrogens with zero attached hydrogens (tertiary/aromatic N) is 2. The van der Waals surface area contributed by atoms with E-state index in [1.54, 1.807) is 18.2 Å². The topological polar surface area (TPSA) is 87.8 Å². The number of amides is 2. The highest BCUT2D eigenvalue weighted by Crippen LogP contribution is 2.39. The Kier molecular flexibility index (Phi) is 5.54. The van der Waals surface area contributed by atoms with Crippen LogP contribution >= 0.6 is 0 Å². The monoisotopic (exact) mass is 412 g/mol. The van der Waals surface area contributed by atoms with Gasteiger partial charge in [-0.25, -0.2) is 4.99 Å². The summed E-state index contributed by atoms with van der Waals surface area (Å²) in [4.78, 5) is 32.2. The summed E-state index contributed by atoms with van der Waals surface area (Å²) < 4.78 is 0. The molecule has 0 spiro atoms. The third-order valence-electron chi connectivity index (χ3n) is 5.36. The molecule has 4 rings (SSSR count). The van der Waals surface area contributed by atoms with E-state index in [-0.39, 0.29) is 24.3 Å². The number of aliphatic imine (C=N–C) groups is 1. The second-order valence-corrected chi connectivity index (χ2v) is 7.36. The molecular formula is C25H24N4O2. The van der Waals surface area contributed by atoms with Crippen molar-refractivity contribution >= 4 is 17.8 Å². The second kappa shape index (κ2) is 8.44. The fourth-order valence-corrected chi connectivity index (χ4v) is 3.89.